The van der Waals surface area contributed by atoms with Crippen LogP contribution in [-0.4, -0.2) is 36.0 Å². The van der Waals surface area contributed by atoms with Gasteiger partial charge in [0.25, 0.3) is 0 Å². The predicted molar refractivity (Wildman–Crippen MR) is 129 cm³/mol. The summed E-state index contributed by atoms with van der Waals surface area (Å²) in [6, 6.07) is 18.6. The molecule has 1 aliphatic rings. The van der Waals surface area contributed by atoms with Crippen LogP contribution >= 0.6 is 0 Å². The Kier molecular flexibility index (Phi) is 4.86. The number of hydrogen-bond donors (Lipinski definition) is 0. The zero-order valence-corrected chi connectivity index (χ0v) is 18.9. The lowest BCUT2D eigenvalue weighted by atomic mass is 10.1. The second kappa shape index (κ2) is 8.18. The molecule has 5 aromatic rings. The minimum atomic E-state index is 0.386. The van der Waals surface area contributed by atoms with E-state index in [1.165, 1.54) is 0 Å². The Hall–Kier alpha value is -4.41. The molecule has 0 unspecified atom stereocenters. The van der Waals surface area contributed by atoms with E-state index in [9.17, 15) is 0 Å². The molecule has 6 rings (SSSR count). The van der Waals surface area contributed by atoms with Gasteiger partial charge in [-0.05, 0) is 61.4 Å². The maximum Gasteiger partial charge on any atom is 0.166 e. The molecule has 0 radical (unpaired) electrons. The van der Waals surface area contributed by atoms with Crippen LogP contribution in [-0.2, 0) is 17.9 Å². The number of hydrogen-bond acceptors (Lipinski definition) is 4. The predicted octanol–water partition coefficient (Wildman–Crippen LogP) is 4.14. The van der Waals surface area contributed by atoms with Gasteiger partial charge in [0.1, 0.15) is 18.6 Å². The van der Waals surface area contributed by atoms with Crippen molar-refractivity contribution in [1.29, 1.82) is 0 Å². The van der Waals surface area contributed by atoms with Gasteiger partial charge in [0.2, 0.25) is 0 Å². The molecular formula is C27H22N6O. The first kappa shape index (κ1) is 20.2. The Morgan fingerprint density at radius 1 is 1.00 bits per heavy atom. The van der Waals surface area contributed by atoms with E-state index in [0.29, 0.717) is 13.2 Å². The van der Waals surface area contributed by atoms with E-state index in [4.69, 9.17) is 4.74 Å². The third-order valence-electron chi connectivity index (χ3n) is 6.02. The Bertz CT molecular complexity index is 1550. The first-order chi connectivity index (χ1) is 16.7. The van der Waals surface area contributed by atoms with Crippen molar-refractivity contribution in [2.24, 2.45) is 0 Å². The Balaban J connectivity index is 1.42. The number of aryl methyl sites for hydroxylation is 1. The van der Waals surface area contributed by atoms with Crippen molar-refractivity contribution in [1.82, 2.24) is 28.9 Å². The van der Waals surface area contributed by atoms with Gasteiger partial charge in [0.15, 0.2) is 11.6 Å². The van der Waals surface area contributed by atoms with Gasteiger partial charge < -0.3 is 13.9 Å². The quantitative estimate of drug-likeness (QED) is 0.384. The molecule has 0 aliphatic carbocycles. The summed E-state index contributed by atoms with van der Waals surface area (Å²) in [6.07, 6.45) is 5.90. The summed E-state index contributed by atoms with van der Waals surface area (Å²) >= 11 is 0. The number of fused-ring (bicyclic) bond motifs is 5. The molecule has 0 N–H and O–H groups in total. The van der Waals surface area contributed by atoms with Crippen molar-refractivity contribution >= 4 is 0 Å². The van der Waals surface area contributed by atoms with E-state index in [2.05, 4.69) is 78.0 Å². The lowest BCUT2D eigenvalue weighted by molar-refractivity contribution is 0.174. The molecule has 0 bridgehead atoms. The van der Waals surface area contributed by atoms with Crippen LogP contribution < -0.4 is 0 Å². The fourth-order valence-electron chi connectivity index (χ4n) is 4.32. The van der Waals surface area contributed by atoms with Crippen molar-refractivity contribution in [3.05, 3.63) is 102 Å². The summed E-state index contributed by atoms with van der Waals surface area (Å²) in [5.74, 6) is 8.18. The van der Waals surface area contributed by atoms with Gasteiger partial charge in [0, 0.05) is 36.3 Å². The molecule has 3 aromatic heterocycles. The van der Waals surface area contributed by atoms with Gasteiger partial charge in [-0.1, -0.05) is 17.6 Å². The summed E-state index contributed by atoms with van der Waals surface area (Å²) in [6.45, 7) is 3.03. The number of rotatable bonds is 3. The molecule has 0 spiro atoms. The highest BCUT2D eigenvalue weighted by atomic mass is 16.5. The summed E-state index contributed by atoms with van der Waals surface area (Å²) in [5, 5.41) is 8.88. The minimum absolute atomic E-state index is 0.386. The van der Waals surface area contributed by atoms with Gasteiger partial charge in [-0.15, -0.1) is 10.2 Å². The molecule has 2 aromatic carbocycles. The molecule has 0 amide bonds. The Morgan fingerprint density at radius 3 is 2.62 bits per heavy atom. The molecule has 7 heteroatoms. The largest absolute Gasteiger partial charge is 0.377 e. The van der Waals surface area contributed by atoms with Crippen molar-refractivity contribution in [2.45, 2.75) is 20.1 Å². The highest BCUT2D eigenvalue weighted by Crippen LogP contribution is 2.33. The van der Waals surface area contributed by atoms with E-state index in [-0.39, 0.29) is 0 Å². The first-order valence-corrected chi connectivity index (χ1v) is 11.1. The van der Waals surface area contributed by atoms with Crippen LogP contribution in [0.2, 0.25) is 0 Å². The smallest absolute Gasteiger partial charge is 0.166 e. The number of benzene rings is 2. The lowest BCUT2D eigenvalue weighted by Crippen LogP contribution is -2.09. The number of methoxy groups -OCH3 is 1. The molecule has 4 heterocycles. The van der Waals surface area contributed by atoms with Crippen molar-refractivity contribution in [2.75, 3.05) is 7.11 Å². The zero-order valence-electron chi connectivity index (χ0n) is 18.9. The van der Waals surface area contributed by atoms with Crippen LogP contribution in [0.5, 0.6) is 0 Å². The standard InChI is InChI=1S/C27H22N6O/c1-19-5-12-24-22(15-19)27-30-29-26(17-34-2)32(27)16-25-23(28-18-33(24)25)11-8-20-6-9-21(10-7-20)31-13-3-4-14-31/h3-7,9-10,12-15,18H,16-17H2,1-2H3. The van der Waals surface area contributed by atoms with Crippen molar-refractivity contribution < 1.29 is 4.74 Å². The third-order valence-corrected chi connectivity index (χ3v) is 6.02. The average Bonchev–Trinajstić information content (AvgIpc) is 3.59. The molecule has 0 fully saturated rings. The summed E-state index contributed by atoms with van der Waals surface area (Å²) in [7, 11) is 1.67. The van der Waals surface area contributed by atoms with E-state index < -0.39 is 0 Å². The Labute approximate surface area is 197 Å². The summed E-state index contributed by atoms with van der Waals surface area (Å²) < 4.78 is 11.6. The van der Waals surface area contributed by atoms with Gasteiger partial charge in [-0.2, -0.15) is 0 Å². The maximum absolute atomic E-state index is 5.37. The topological polar surface area (TPSA) is 62.7 Å². The summed E-state index contributed by atoms with van der Waals surface area (Å²) in [5.41, 5.74) is 6.98. The number of ether oxygens (including phenoxy) is 1. The third kappa shape index (κ3) is 3.41. The summed E-state index contributed by atoms with van der Waals surface area (Å²) in [4.78, 5) is 4.67. The monoisotopic (exact) mass is 446 g/mol. The van der Waals surface area contributed by atoms with Gasteiger partial charge in [-0.3, -0.25) is 4.57 Å². The van der Waals surface area contributed by atoms with Crippen LogP contribution in [0.1, 0.15) is 28.3 Å². The number of aromatic nitrogens is 6. The SMILES string of the molecule is COCc1nnc2n1Cc1c(C#Cc3ccc(-n4cccc4)cc3)ncn1-c1ccc(C)cc1-2. The Morgan fingerprint density at radius 2 is 1.82 bits per heavy atom. The second-order valence-electron chi connectivity index (χ2n) is 8.28. The molecule has 0 saturated heterocycles. The van der Waals surface area contributed by atoms with E-state index in [1.807, 2.05) is 43.0 Å². The van der Waals surface area contributed by atoms with E-state index in [0.717, 1.165) is 51.1 Å². The van der Waals surface area contributed by atoms with Crippen LogP contribution in [0, 0.1) is 18.8 Å². The first-order valence-electron chi connectivity index (χ1n) is 11.1. The van der Waals surface area contributed by atoms with Crippen LogP contribution in [0.15, 0.2) is 73.3 Å². The molecule has 166 valence electrons. The fourth-order valence-corrected chi connectivity index (χ4v) is 4.32. The molecule has 34 heavy (non-hydrogen) atoms. The van der Waals surface area contributed by atoms with Gasteiger partial charge >= 0.3 is 0 Å². The molecular weight excluding hydrogens is 424 g/mol. The van der Waals surface area contributed by atoms with Crippen LogP contribution in [0.4, 0.5) is 0 Å². The van der Waals surface area contributed by atoms with Crippen LogP contribution in [0.25, 0.3) is 22.8 Å². The number of nitrogens with zero attached hydrogens (tertiary/aromatic N) is 6. The maximum atomic E-state index is 5.37. The molecule has 1 aliphatic heterocycles. The average molecular weight is 447 g/mol. The van der Waals surface area contributed by atoms with Crippen LogP contribution in [0.3, 0.4) is 0 Å². The van der Waals surface area contributed by atoms with Crippen molar-refractivity contribution in [3.63, 3.8) is 0 Å². The van der Waals surface area contributed by atoms with Gasteiger partial charge in [0.05, 0.1) is 17.9 Å². The minimum Gasteiger partial charge on any atom is -0.377 e. The molecule has 7 nitrogen and oxygen atoms in total. The molecule has 0 saturated carbocycles. The van der Waals surface area contributed by atoms with E-state index >= 15 is 0 Å². The number of imidazole rings is 1. The second-order valence-corrected chi connectivity index (χ2v) is 8.28. The highest BCUT2D eigenvalue weighted by molar-refractivity contribution is 5.70. The normalized spacial score (nSPS) is 11.7. The fraction of sp³-hybridized carbons (Fsp3) is 0.148. The molecule has 0 atom stereocenters. The van der Waals surface area contributed by atoms with Crippen molar-refractivity contribution in [3.8, 4) is 34.6 Å². The lowest BCUT2D eigenvalue weighted by Gasteiger charge is -2.08. The highest BCUT2D eigenvalue weighted by Gasteiger charge is 2.25. The van der Waals surface area contributed by atoms with Gasteiger partial charge in [-0.25, -0.2) is 4.98 Å². The zero-order chi connectivity index (χ0) is 23.1. The van der Waals surface area contributed by atoms with E-state index in [1.54, 1.807) is 7.11 Å².